The Labute approximate surface area is 770 Å². The Morgan fingerprint density at radius 1 is 0.198 bits per heavy atom. The van der Waals surface area contributed by atoms with Crippen LogP contribution in [0.25, 0.3) is 0 Å². The van der Waals surface area contributed by atoms with Crippen LogP contribution >= 0.6 is 0 Å². The first-order valence-corrected chi connectivity index (χ1v) is 44.2. The van der Waals surface area contributed by atoms with E-state index in [-0.39, 0.29) is 12.1 Å². The number of quaternary nitrogens is 1. The molecule has 17 aromatic rings. The Balaban J connectivity index is 0.000000140. The summed E-state index contributed by atoms with van der Waals surface area (Å²) in [4.78, 5) is 90.7. The first kappa shape index (κ1) is 93.7. The molecule has 0 fully saturated rings. The van der Waals surface area contributed by atoms with Gasteiger partial charge in [0.15, 0.2) is 0 Å². The highest BCUT2D eigenvalue weighted by Crippen LogP contribution is 2.35. The molecule has 0 unspecified atom stereocenters. The van der Waals surface area contributed by atoms with Crippen molar-refractivity contribution in [1.82, 2.24) is 114 Å². The van der Waals surface area contributed by atoms with Crippen molar-refractivity contribution in [3.63, 3.8) is 0 Å². The zero-order valence-electron chi connectivity index (χ0n) is 74.7. The molecule has 0 aliphatic heterocycles. The van der Waals surface area contributed by atoms with Crippen molar-refractivity contribution in [1.29, 1.82) is 0 Å². The van der Waals surface area contributed by atoms with Gasteiger partial charge in [0.05, 0.1) is 58.3 Å². The number of likely N-dealkylation sites (N-methyl/N-ethyl adjacent to an activating group) is 3. The van der Waals surface area contributed by atoms with E-state index >= 15 is 0 Å². The van der Waals surface area contributed by atoms with E-state index in [2.05, 4.69) is 198 Å². The summed E-state index contributed by atoms with van der Waals surface area (Å²) in [7, 11) is 6.45. The molecule has 0 radical (unpaired) electrons. The van der Waals surface area contributed by atoms with Gasteiger partial charge in [-0.2, -0.15) is 0 Å². The molecule has 0 aliphatic carbocycles. The third-order valence-electron chi connectivity index (χ3n) is 21.5. The molecule has 0 amide bonds. The van der Waals surface area contributed by atoms with Crippen molar-refractivity contribution in [2.45, 2.75) is 96.7 Å². The highest BCUT2D eigenvalue weighted by atomic mass is 15.4. The lowest BCUT2D eigenvalue weighted by atomic mass is 10.00. The van der Waals surface area contributed by atoms with Gasteiger partial charge in [0.2, 0.25) is 11.6 Å². The van der Waals surface area contributed by atoms with Gasteiger partial charge >= 0.3 is 0 Å². The molecule has 17 rings (SSSR count). The van der Waals surface area contributed by atoms with Crippen molar-refractivity contribution < 1.29 is 0 Å². The van der Waals surface area contributed by atoms with Gasteiger partial charge in [-0.15, -0.1) is 0 Å². The standard InChI is InChI=1S/C24H24N5.C23H21N5.2C21H25N5.C18H18N4/c1-29(23-12-4-8-16-27-23,24-13-5-9-17-28-24)22(18-20-10-2-6-14-25-20)19-21-11-3-7-15-26-21;1-5-13-24-19(9-1)17-21(18-20-10-2-6-14-25-20)28(22-11-3-7-15-26-22)23-12-4-8-16-27-23;2*1-25(16-19-8-2-5-11-22-19)14-15-26(17-20-9-3-6-12-23-20)18-21-10-4-7-13-24-21;1-4-10-19-16(7-1)13-22(14-17-8-2-5-11-20-17)15-18-9-3-6-12-21-18/h2-17,22H,18-19H2,1H3;1-16,21H,17-18H2;2*2-13H,14-18H2,1H3;1-12H,13-15H2/q+1;;;;. The zero-order chi connectivity index (χ0) is 90.1. The fraction of sp³-hybridized carbons (Fsp3) is 0.206. The minimum atomic E-state index is 0.0644. The van der Waals surface area contributed by atoms with Gasteiger partial charge in [-0.1, -0.05) is 103 Å². The van der Waals surface area contributed by atoms with Crippen LogP contribution in [0.15, 0.2) is 415 Å². The normalized spacial score (nSPS) is 11.1. The molecular weight excluding hydrogens is 1620 g/mol. The minimum Gasteiger partial charge on any atom is -0.307 e. The molecule has 660 valence electrons. The van der Waals surface area contributed by atoms with Gasteiger partial charge in [-0.05, 0) is 208 Å². The van der Waals surface area contributed by atoms with Crippen LogP contribution < -0.4 is 9.38 Å². The van der Waals surface area contributed by atoms with Gasteiger partial charge in [0.1, 0.15) is 17.7 Å². The SMILES string of the molecule is CN(CCN(Cc1ccccn1)Cc1ccccn1)Cc1ccccn1.CN(CCN(Cc1ccccn1)Cc1ccccn1)Cc1ccccn1.C[N+](c1ccccn1)(c1ccccn1)C(Cc1ccccn1)Cc1ccccn1.c1ccc(CC(Cc2ccccn2)N(c2ccccn2)c2ccccn2)nc1.c1ccc(CN(Cc2ccccn2)Cc2ccccn2)nc1. The number of anilines is 2. The molecule has 17 aromatic heterocycles. The van der Waals surface area contributed by atoms with Gasteiger partial charge < -0.3 is 4.90 Å². The average Bonchev–Trinajstić information content (AvgIpc) is 0.777. The van der Waals surface area contributed by atoms with E-state index in [0.717, 1.165) is 208 Å². The van der Waals surface area contributed by atoms with Crippen LogP contribution in [0.2, 0.25) is 0 Å². The molecule has 24 heteroatoms. The van der Waals surface area contributed by atoms with Gasteiger partial charge in [-0.25, -0.2) is 24.4 Å². The Hall–Kier alpha value is -14.9. The largest absolute Gasteiger partial charge is 0.307 e. The molecule has 0 aromatic carbocycles. The molecule has 17 heterocycles. The number of nitrogens with zero attached hydrogens (tertiary/aromatic N) is 24. The third-order valence-corrected chi connectivity index (χ3v) is 21.5. The molecule has 0 N–H and O–H groups in total. The summed E-state index contributed by atoms with van der Waals surface area (Å²) in [5, 5.41) is 0. The van der Waals surface area contributed by atoms with E-state index in [4.69, 9.17) is 9.97 Å². The molecule has 0 atom stereocenters. The number of pyridine rings is 17. The fourth-order valence-electron chi connectivity index (χ4n) is 14.9. The van der Waals surface area contributed by atoms with E-state index in [1.54, 1.807) is 0 Å². The second kappa shape index (κ2) is 53.0. The quantitative estimate of drug-likeness (QED) is 0.0327. The van der Waals surface area contributed by atoms with E-state index in [0.29, 0.717) is 4.48 Å². The van der Waals surface area contributed by atoms with E-state index in [1.807, 2.05) is 342 Å². The number of rotatable bonds is 38. The molecule has 24 nitrogen and oxygen atoms in total. The molecule has 0 spiro atoms. The van der Waals surface area contributed by atoms with Gasteiger partial charge in [0, 0.05) is 257 Å². The van der Waals surface area contributed by atoms with Crippen LogP contribution in [-0.4, -0.2) is 169 Å². The Bertz CT molecular complexity index is 5350. The molecule has 0 bridgehead atoms. The van der Waals surface area contributed by atoms with Crippen LogP contribution in [0, 0.1) is 0 Å². The topological polar surface area (TPSA) is 239 Å². The van der Waals surface area contributed by atoms with E-state index in [1.165, 1.54) is 0 Å². The first-order valence-electron chi connectivity index (χ1n) is 44.2. The lowest BCUT2D eigenvalue weighted by Gasteiger charge is -2.38. The van der Waals surface area contributed by atoms with Crippen LogP contribution in [0.1, 0.15) is 74.0 Å². The van der Waals surface area contributed by atoms with Gasteiger partial charge in [0.25, 0.3) is 0 Å². The monoisotopic (exact) mass is 1730 g/mol. The van der Waals surface area contributed by atoms with Crippen molar-refractivity contribution in [2.24, 2.45) is 0 Å². The minimum absolute atomic E-state index is 0.0644. The van der Waals surface area contributed by atoms with Crippen molar-refractivity contribution in [3.05, 3.63) is 489 Å². The van der Waals surface area contributed by atoms with Crippen LogP contribution in [0.4, 0.5) is 23.3 Å². The lowest BCUT2D eigenvalue weighted by Crippen LogP contribution is -2.52. The number of hydrogen-bond acceptors (Lipinski definition) is 23. The molecule has 0 saturated carbocycles. The predicted octanol–water partition coefficient (Wildman–Crippen LogP) is 17.7. The summed E-state index contributed by atoms with van der Waals surface area (Å²) in [6, 6.07) is 103. The van der Waals surface area contributed by atoms with Crippen LogP contribution in [0.5, 0.6) is 0 Å². The molecule has 0 saturated heterocycles. The summed E-state index contributed by atoms with van der Waals surface area (Å²) in [5.41, 5.74) is 13.8. The number of aromatic nitrogens is 17. The second-order valence-electron chi connectivity index (χ2n) is 31.5. The second-order valence-corrected chi connectivity index (χ2v) is 31.5. The number of hydrogen-bond donors (Lipinski definition) is 0. The summed E-state index contributed by atoms with van der Waals surface area (Å²) in [5.74, 6) is 3.61. The lowest BCUT2D eigenvalue weighted by molar-refractivity contribution is 0.204. The Morgan fingerprint density at radius 3 is 0.611 bits per heavy atom. The van der Waals surface area contributed by atoms with Gasteiger partial charge in [-0.3, -0.25) is 89.3 Å². The Morgan fingerprint density at radius 2 is 0.397 bits per heavy atom. The average molecular weight is 1740 g/mol. The zero-order valence-corrected chi connectivity index (χ0v) is 74.7. The Kier molecular flexibility index (Phi) is 38.0. The highest BCUT2D eigenvalue weighted by Gasteiger charge is 2.41. The molecule has 0 aliphatic rings. The van der Waals surface area contributed by atoms with E-state index < -0.39 is 0 Å². The smallest absolute Gasteiger partial charge is 0.233 e. The first-order chi connectivity index (χ1) is 64.6. The fourth-order valence-corrected chi connectivity index (χ4v) is 14.9. The summed E-state index contributed by atoms with van der Waals surface area (Å²) >= 11 is 0. The van der Waals surface area contributed by atoms with Crippen molar-refractivity contribution >= 4 is 23.3 Å². The maximum atomic E-state index is 4.72. The maximum Gasteiger partial charge on any atom is 0.233 e. The van der Waals surface area contributed by atoms with Crippen LogP contribution in [-0.2, 0) is 84.6 Å². The summed E-state index contributed by atoms with van der Waals surface area (Å²) in [6.07, 6.45) is 34.3. The highest BCUT2D eigenvalue weighted by molar-refractivity contribution is 5.57. The third kappa shape index (κ3) is 32.4. The van der Waals surface area contributed by atoms with Crippen molar-refractivity contribution in [3.8, 4) is 0 Å². The maximum absolute atomic E-state index is 4.72. The summed E-state index contributed by atoms with van der Waals surface area (Å²) < 4.78 is 0.467. The predicted molar refractivity (Wildman–Crippen MR) is 518 cm³/mol. The van der Waals surface area contributed by atoms with E-state index in [9.17, 15) is 0 Å². The molecular formula is C107H113N24+. The molecule has 131 heavy (non-hydrogen) atoms. The van der Waals surface area contributed by atoms with Crippen LogP contribution in [0.3, 0.4) is 0 Å². The summed E-state index contributed by atoms with van der Waals surface area (Å²) in [6.45, 7) is 11.1. The van der Waals surface area contributed by atoms with Crippen molar-refractivity contribution in [2.75, 3.05) is 52.2 Å².